The number of nitrogens with zero attached hydrogens (tertiary/aromatic N) is 1. The molecule has 1 aromatic carbocycles. The number of hydrogen-bond donors (Lipinski definition) is 1. The maximum atomic E-state index is 12.7. The Morgan fingerprint density at radius 1 is 1.38 bits per heavy atom. The Kier molecular flexibility index (Phi) is 5.75. The van der Waals surface area contributed by atoms with Crippen LogP contribution in [0.3, 0.4) is 0 Å². The predicted molar refractivity (Wildman–Crippen MR) is 95.6 cm³/mol. The highest BCUT2D eigenvalue weighted by molar-refractivity contribution is 6.31. The average molecular weight is 353 g/mol. The van der Waals surface area contributed by atoms with E-state index in [1.165, 1.54) is 7.11 Å². The highest BCUT2D eigenvalue weighted by atomic mass is 35.5. The predicted octanol–water partition coefficient (Wildman–Crippen LogP) is 3.63. The quantitative estimate of drug-likeness (QED) is 0.762. The van der Waals surface area contributed by atoms with Crippen molar-refractivity contribution in [3.8, 4) is 5.75 Å². The minimum absolute atomic E-state index is 0.0990. The number of nitrogens with one attached hydrogen (secondary N) is 1. The van der Waals surface area contributed by atoms with Gasteiger partial charge in [-0.15, -0.1) is 0 Å². The van der Waals surface area contributed by atoms with E-state index in [0.29, 0.717) is 35.8 Å². The summed E-state index contributed by atoms with van der Waals surface area (Å²) in [6.07, 6.45) is 3.12. The summed E-state index contributed by atoms with van der Waals surface area (Å²) in [5.74, 6) is 0.121. The van der Waals surface area contributed by atoms with Crippen molar-refractivity contribution in [3.63, 3.8) is 0 Å². The molecular weight excluding hydrogens is 328 g/mol. The van der Waals surface area contributed by atoms with Crippen molar-refractivity contribution in [3.05, 3.63) is 22.7 Å². The van der Waals surface area contributed by atoms with Crippen molar-refractivity contribution in [2.24, 2.45) is 5.41 Å². The van der Waals surface area contributed by atoms with Crippen LogP contribution in [0.15, 0.2) is 12.1 Å². The summed E-state index contributed by atoms with van der Waals surface area (Å²) >= 11 is 6.09. The first-order valence-corrected chi connectivity index (χ1v) is 8.64. The molecule has 1 aromatic rings. The van der Waals surface area contributed by atoms with Crippen LogP contribution >= 0.6 is 11.6 Å². The number of halogens is 1. The molecule has 0 bridgehead atoms. The molecule has 1 aliphatic rings. The lowest BCUT2D eigenvalue weighted by atomic mass is 10.0. The van der Waals surface area contributed by atoms with Gasteiger partial charge in [0.15, 0.2) is 0 Å². The minimum atomic E-state index is -0.930. The average Bonchev–Trinajstić information content (AvgIpc) is 3.36. The number of aryl methyl sites for hydroxylation is 1. The zero-order chi connectivity index (χ0) is 17.9. The molecule has 1 saturated carbocycles. The first kappa shape index (κ1) is 18.6. The number of anilines is 1. The molecule has 0 saturated heterocycles. The molecule has 1 aliphatic carbocycles. The van der Waals surface area contributed by atoms with Crippen molar-refractivity contribution in [1.29, 1.82) is 0 Å². The van der Waals surface area contributed by atoms with Crippen LogP contribution in [-0.4, -0.2) is 37.4 Å². The third-order valence-electron chi connectivity index (χ3n) is 4.52. The fourth-order valence-electron chi connectivity index (χ4n) is 2.70. The van der Waals surface area contributed by atoms with Gasteiger partial charge in [0.05, 0.1) is 12.8 Å². The molecule has 6 heteroatoms. The maximum absolute atomic E-state index is 12.7. The zero-order valence-electron chi connectivity index (χ0n) is 14.7. The Labute approximate surface area is 148 Å². The molecule has 0 aromatic heterocycles. The van der Waals surface area contributed by atoms with Gasteiger partial charge >= 0.3 is 0 Å². The van der Waals surface area contributed by atoms with Gasteiger partial charge in [-0.25, -0.2) is 0 Å². The molecular formula is C18H25ClN2O3. The molecule has 132 valence electrons. The second-order valence-corrected chi connectivity index (χ2v) is 6.83. The summed E-state index contributed by atoms with van der Waals surface area (Å²) in [6.45, 7) is 4.61. The summed E-state index contributed by atoms with van der Waals surface area (Å²) < 4.78 is 5.28. The lowest BCUT2D eigenvalue weighted by Gasteiger charge is -2.23. The normalized spacial score (nSPS) is 14.9. The van der Waals surface area contributed by atoms with E-state index >= 15 is 0 Å². The third-order valence-corrected chi connectivity index (χ3v) is 4.92. The molecule has 0 spiro atoms. The lowest BCUT2D eigenvalue weighted by Crippen LogP contribution is -2.41. The molecule has 24 heavy (non-hydrogen) atoms. The van der Waals surface area contributed by atoms with Gasteiger partial charge in [0, 0.05) is 24.7 Å². The van der Waals surface area contributed by atoms with E-state index in [1.54, 1.807) is 24.1 Å². The van der Waals surface area contributed by atoms with Gasteiger partial charge < -0.3 is 15.0 Å². The third kappa shape index (κ3) is 3.66. The Morgan fingerprint density at radius 2 is 2.04 bits per heavy atom. The smallest absolute Gasteiger partial charge is 0.240 e. The summed E-state index contributed by atoms with van der Waals surface area (Å²) in [4.78, 5) is 27.1. The monoisotopic (exact) mass is 352 g/mol. The summed E-state index contributed by atoms with van der Waals surface area (Å²) in [5.41, 5.74) is 0.449. The zero-order valence-corrected chi connectivity index (χ0v) is 15.5. The number of carbonyl (C=O) groups excluding carboxylic acids is 2. The van der Waals surface area contributed by atoms with Gasteiger partial charge in [0.2, 0.25) is 11.8 Å². The number of benzene rings is 1. The maximum Gasteiger partial charge on any atom is 0.240 e. The molecule has 2 rings (SSSR count). The molecule has 2 amide bonds. The van der Waals surface area contributed by atoms with E-state index in [0.717, 1.165) is 18.4 Å². The number of ether oxygens (including phenoxy) is 1. The van der Waals surface area contributed by atoms with E-state index < -0.39 is 5.41 Å². The fourth-order valence-corrected chi connectivity index (χ4v) is 2.85. The molecule has 0 atom stereocenters. The number of amides is 2. The van der Waals surface area contributed by atoms with Crippen LogP contribution in [0, 0.1) is 12.3 Å². The molecule has 0 aliphatic heterocycles. The van der Waals surface area contributed by atoms with E-state index in [4.69, 9.17) is 16.3 Å². The van der Waals surface area contributed by atoms with Crippen LogP contribution in [0.4, 0.5) is 5.69 Å². The fraction of sp³-hybridized carbons (Fsp3) is 0.556. The highest BCUT2D eigenvalue weighted by Gasteiger charge is 2.57. The van der Waals surface area contributed by atoms with Crippen LogP contribution < -0.4 is 10.1 Å². The molecule has 0 radical (unpaired) electrons. The van der Waals surface area contributed by atoms with Crippen molar-refractivity contribution < 1.29 is 14.3 Å². The number of unbranched alkanes of at least 4 members (excludes halogenated alkanes) is 1. The Balaban J connectivity index is 2.15. The second-order valence-electron chi connectivity index (χ2n) is 6.42. The molecule has 1 fully saturated rings. The van der Waals surface area contributed by atoms with Crippen molar-refractivity contribution in [2.45, 2.75) is 39.5 Å². The first-order chi connectivity index (χ1) is 11.4. The van der Waals surface area contributed by atoms with Crippen LogP contribution in [0.2, 0.25) is 5.02 Å². The summed E-state index contributed by atoms with van der Waals surface area (Å²) in [7, 11) is 3.28. The lowest BCUT2D eigenvalue weighted by molar-refractivity contribution is -0.141. The standard InChI is InChI=1S/C18H25ClN2O3/c1-5-6-9-21(3)17(23)18(7-8-18)16(22)20-14-10-12(2)13(19)11-15(14)24-4/h10-11H,5-9H2,1-4H3,(H,20,22). The van der Waals surface area contributed by atoms with Crippen molar-refractivity contribution >= 4 is 29.1 Å². The van der Waals surface area contributed by atoms with Gasteiger partial charge in [0.1, 0.15) is 11.2 Å². The van der Waals surface area contributed by atoms with Crippen molar-refractivity contribution in [2.75, 3.05) is 26.0 Å². The molecule has 1 N–H and O–H groups in total. The molecule has 5 nitrogen and oxygen atoms in total. The van der Waals surface area contributed by atoms with E-state index in [2.05, 4.69) is 12.2 Å². The number of hydrogen-bond acceptors (Lipinski definition) is 3. The van der Waals surface area contributed by atoms with Gasteiger partial charge in [-0.3, -0.25) is 9.59 Å². The van der Waals surface area contributed by atoms with Crippen LogP contribution in [0.25, 0.3) is 0 Å². The topological polar surface area (TPSA) is 58.6 Å². The van der Waals surface area contributed by atoms with Gasteiger partial charge in [-0.05, 0) is 37.8 Å². The van der Waals surface area contributed by atoms with Gasteiger partial charge in [-0.1, -0.05) is 24.9 Å². The van der Waals surface area contributed by atoms with Gasteiger partial charge in [-0.2, -0.15) is 0 Å². The summed E-state index contributed by atoms with van der Waals surface area (Å²) in [5, 5.41) is 3.42. The van der Waals surface area contributed by atoms with Crippen LogP contribution in [0.1, 0.15) is 38.2 Å². The van der Waals surface area contributed by atoms with Crippen LogP contribution in [-0.2, 0) is 9.59 Å². The molecule has 0 unspecified atom stereocenters. The highest BCUT2D eigenvalue weighted by Crippen LogP contribution is 2.48. The Hall–Kier alpha value is -1.75. The Morgan fingerprint density at radius 3 is 2.58 bits per heavy atom. The summed E-state index contributed by atoms with van der Waals surface area (Å²) in [6, 6.07) is 3.43. The number of carbonyl (C=O) groups is 2. The largest absolute Gasteiger partial charge is 0.495 e. The molecule has 0 heterocycles. The van der Waals surface area contributed by atoms with E-state index in [9.17, 15) is 9.59 Å². The second kappa shape index (κ2) is 7.43. The van der Waals surface area contributed by atoms with E-state index in [-0.39, 0.29) is 11.8 Å². The number of rotatable bonds is 7. The van der Waals surface area contributed by atoms with Gasteiger partial charge in [0.25, 0.3) is 0 Å². The van der Waals surface area contributed by atoms with Crippen LogP contribution in [0.5, 0.6) is 5.75 Å². The van der Waals surface area contributed by atoms with E-state index in [1.807, 2.05) is 6.92 Å². The SMILES string of the molecule is CCCCN(C)C(=O)C1(C(=O)Nc2cc(C)c(Cl)cc2OC)CC1. The Bertz CT molecular complexity index is 641. The van der Waals surface area contributed by atoms with Crippen molar-refractivity contribution in [1.82, 2.24) is 4.90 Å². The minimum Gasteiger partial charge on any atom is -0.495 e. The number of methoxy groups -OCH3 is 1. The first-order valence-electron chi connectivity index (χ1n) is 8.27.